The Bertz CT molecular complexity index is 799. The molecule has 0 radical (unpaired) electrons. The van der Waals surface area contributed by atoms with Crippen molar-refractivity contribution < 1.29 is 22.7 Å². The molecular formula is C21H24F3N3O2. The number of pyridine rings is 1. The van der Waals surface area contributed by atoms with E-state index in [9.17, 15) is 18.0 Å². The predicted octanol–water partition coefficient (Wildman–Crippen LogP) is 3.68. The van der Waals surface area contributed by atoms with Gasteiger partial charge in [-0.05, 0) is 49.1 Å². The molecule has 0 atom stereocenters. The molecule has 1 aromatic carbocycles. The number of hydrogen-bond acceptors (Lipinski definition) is 4. The van der Waals surface area contributed by atoms with Gasteiger partial charge in [0.05, 0.1) is 12.7 Å². The maximum Gasteiger partial charge on any atom is 0.417 e. The monoisotopic (exact) mass is 407 g/mol. The van der Waals surface area contributed by atoms with Gasteiger partial charge in [-0.25, -0.2) is 4.98 Å². The maximum atomic E-state index is 12.6. The number of amides is 1. The fraction of sp³-hybridized carbons (Fsp3) is 0.429. The van der Waals surface area contributed by atoms with Gasteiger partial charge in [-0.2, -0.15) is 13.2 Å². The summed E-state index contributed by atoms with van der Waals surface area (Å²) in [6, 6.07) is 10.2. The molecule has 0 spiro atoms. The second-order valence-electron chi connectivity index (χ2n) is 7.05. The van der Waals surface area contributed by atoms with Gasteiger partial charge in [-0.1, -0.05) is 12.1 Å². The second kappa shape index (κ2) is 9.15. The molecule has 1 aliphatic rings. The minimum Gasteiger partial charge on any atom is -0.497 e. The standard InChI is InChI=1S/C21H24F3N3O2/c1-29-18-5-2-15(3-6-18)8-11-25-20(28)16-9-12-27(13-10-16)19-7-4-17(14-26-19)21(22,23)24/h2-7,14,16H,8-13H2,1H3,(H,25,28). The molecule has 0 saturated carbocycles. The number of ether oxygens (including phenoxy) is 1. The van der Waals surface area contributed by atoms with Crippen LogP contribution in [0.5, 0.6) is 5.75 Å². The molecular weight excluding hydrogens is 383 g/mol. The maximum absolute atomic E-state index is 12.6. The molecule has 1 fully saturated rings. The van der Waals surface area contributed by atoms with Crippen LogP contribution in [-0.4, -0.2) is 37.6 Å². The number of nitrogens with one attached hydrogen (secondary N) is 1. The van der Waals surface area contributed by atoms with E-state index in [-0.39, 0.29) is 11.8 Å². The summed E-state index contributed by atoms with van der Waals surface area (Å²) in [7, 11) is 1.62. The van der Waals surface area contributed by atoms with Gasteiger partial charge in [-0.15, -0.1) is 0 Å². The Labute approximate surface area is 167 Å². The van der Waals surface area contributed by atoms with Gasteiger partial charge in [0.2, 0.25) is 5.91 Å². The molecule has 1 N–H and O–H groups in total. The summed E-state index contributed by atoms with van der Waals surface area (Å²) in [6.07, 6.45) is -1.49. The Hall–Kier alpha value is -2.77. The first-order valence-electron chi connectivity index (χ1n) is 9.55. The molecule has 8 heteroatoms. The summed E-state index contributed by atoms with van der Waals surface area (Å²) in [6.45, 7) is 1.75. The van der Waals surface area contributed by atoms with Crippen LogP contribution in [0.1, 0.15) is 24.0 Å². The number of anilines is 1. The fourth-order valence-electron chi connectivity index (χ4n) is 3.38. The summed E-state index contributed by atoms with van der Waals surface area (Å²) in [4.78, 5) is 18.2. The van der Waals surface area contributed by atoms with Crippen LogP contribution in [0.4, 0.5) is 19.0 Å². The third kappa shape index (κ3) is 5.62. The van der Waals surface area contributed by atoms with Gasteiger partial charge in [0.25, 0.3) is 0 Å². The quantitative estimate of drug-likeness (QED) is 0.794. The highest BCUT2D eigenvalue weighted by molar-refractivity contribution is 5.79. The van der Waals surface area contributed by atoms with Gasteiger partial charge in [0.1, 0.15) is 11.6 Å². The molecule has 0 aliphatic carbocycles. The SMILES string of the molecule is COc1ccc(CCNC(=O)C2CCN(c3ccc(C(F)(F)F)cn3)CC2)cc1. The summed E-state index contributed by atoms with van der Waals surface area (Å²) >= 11 is 0. The predicted molar refractivity (Wildman–Crippen MR) is 104 cm³/mol. The van der Waals surface area contributed by atoms with E-state index >= 15 is 0 Å². The van der Waals surface area contributed by atoms with E-state index in [1.807, 2.05) is 29.2 Å². The summed E-state index contributed by atoms with van der Waals surface area (Å²) in [5, 5.41) is 2.98. The second-order valence-corrected chi connectivity index (χ2v) is 7.05. The smallest absolute Gasteiger partial charge is 0.417 e. The summed E-state index contributed by atoms with van der Waals surface area (Å²) in [5.41, 5.74) is 0.363. The average Bonchev–Trinajstić information content (AvgIpc) is 2.74. The molecule has 1 amide bonds. The molecule has 1 aliphatic heterocycles. The van der Waals surface area contributed by atoms with Crippen LogP contribution in [-0.2, 0) is 17.4 Å². The Morgan fingerprint density at radius 3 is 2.41 bits per heavy atom. The molecule has 1 aromatic heterocycles. The lowest BCUT2D eigenvalue weighted by atomic mass is 9.95. The normalized spacial score (nSPS) is 15.2. The minimum absolute atomic E-state index is 0.0264. The molecule has 0 bridgehead atoms. The number of nitrogens with zero attached hydrogens (tertiary/aromatic N) is 2. The Morgan fingerprint density at radius 2 is 1.86 bits per heavy atom. The van der Waals surface area contributed by atoms with Crippen molar-refractivity contribution in [3.8, 4) is 5.75 Å². The third-order valence-electron chi connectivity index (χ3n) is 5.14. The van der Waals surface area contributed by atoms with E-state index in [4.69, 9.17) is 4.74 Å². The first-order valence-corrected chi connectivity index (χ1v) is 9.55. The van der Waals surface area contributed by atoms with Crippen molar-refractivity contribution in [1.82, 2.24) is 10.3 Å². The number of hydrogen-bond donors (Lipinski definition) is 1. The van der Waals surface area contributed by atoms with E-state index in [1.165, 1.54) is 6.07 Å². The van der Waals surface area contributed by atoms with Crippen LogP contribution in [0.25, 0.3) is 0 Å². The first-order chi connectivity index (χ1) is 13.9. The highest BCUT2D eigenvalue weighted by atomic mass is 19.4. The number of halogens is 3. The molecule has 3 rings (SSSR count). The van der Waals surface area contributed by atoms with Crippen LogP contribution in [0, 0.1) is 5.92 Å². The van der Waals surface area contributed by atoms with Crippen LogP contribution in [0.3, 0.4) is 0 Å². The first kappa shape index (κ1) is 21.0. The van der Waals surface area contributed by atoms with Crippen LogP contribution in [0.15, 0.2) is 42.6 Å². The molecule has 0 unspecified atom stereocenters. The average molecular weight is 407 g/mol. The molecule has 5 nitrogen and oxygen atoms in total. The topological polar surface area (TPSA) is 54.5 Å². The number of carbonyl (C=O) groups is 1. The highest BCUT2D eigenvalue weighted by Gasteiger charge is 2.31. The number of benzene rings is 1. The summed E-state index contributed by atoms with van der Waals surface area (Å²) < 4.78 is 43.1. The van der Waals surface area contributed by atoms with Gasteiger partial charge in [-0.3, -0.25) is 4.79 Å². The Morgan fingerprint density at radius 1 is 1.17 bits per heavy atom. The lowest BCUT2D eigenvalue weighted by Gasteiger charge is -2.32. The molecule has 2 aromatic rings. The van der Waals surface area contributed by atoms with Crippen molar-refractivity contribution in [2.45, 2.75) is 25.4 Å². The van der Waals surface area contributed by atoms with E-state index in [0.717, 1.165) is 30.0 Å². The number of alkyl halides is 3. The van der Waals surface area contributed by atoms with Crippen molar-refractivity contribution in [3.63, 3.8) is 0 Å². The zero-order valence-corrected chi connectivity index (χ0v) is 16.2. The van der Waals surface area contributed by atoms with Crippen molar-refractivity contribution in [1.29, 1.82) is 0 Å². The van der Waals surface area contributed by atoms with E-state index in [0.29, 0.717) is 38.3 Å². The van der Waals surface area contributed by atoms with Crippen molar-refractivity contribution >= 4 is 11.7 Å². The van der Waals surface area contributed by atoms with Gasteiger partial charge in [0, 0.05) is 31.7 Å². The van der Waals surface area contributed by atoms with Gasteiger partial charge >= 0.3 is 6.18 Å². The zero-order chi connectivity index (χ0) is 20.9. The number of methoxy groups -OCH3 is 1. The van der Waals surface area contributed by atoms with Crippen molar-refractivity contribution in [3.05, 3.63) is 53.7 Å². The lowest BCUT2D eigenvalue weighted by molar-refractivity contribution is -0.137. The number of carbonyl (C=O) groups excluding carboxylic acids is 1. The Kier molecular flexibility index (Phi) is 6.61. The van der Waals surface area contributed by atoms with Crippen molar-refractivity contribution in [2.75, 3.05) is 31.6 Å². The number of rotatable bonds is 6. The molecule has 29 heavy (non-hydrogen) atoms. The summed E-state index contributed by atoms with van der Waals surface area (Å²) in [5.74, 6) is 1.25. The minimum atomic E-state index is -4.39. The van der Waals surface area contributed by atoms with E-state index in [2.05, 4.69) is 10.3 Å². The lowest BCUT2D eigenvalue weighted by Crippen LogP contribution is -2.41. The van der Waals surface area contributed by atoms with Crippen molar-refractivity contribution in [2.24, 2.45) is 5.92 Å². The molecule has 2 heterocycles. The largest absolute Gasteiger partial charge is 0.497 e. The van der Waals surface area contributed by atoms with Crippen LogP contribution >= 0.6 is 0 Å². The molecule has 156 valence electrons. The van der Waals surface area contributed by atoms with Gasteiger partial charge in [0.15, 0.2) is 0 Å². The third-order valence-corrected chi connectivity index (χ3v) is 5.14. The van der Waals surface area contributed by atoms with E-state index in [1.54, 1.807) is 7.11 Å². The Balaban J connectivity index is 1.43. The zero-order valence-electron chi connectivity index (χ0n) is 16.2. The fourth-order valence-corrected chi connectivity index (χ4v) is 3.38. The number of piperidine rings is 1. The van der Waals surface area contributed by atoms with E-state index < -0.39 is 11.7 Å². The number of aromatic nitrogens is 1. The van der Waals surface area contributed by atoms with Gasteiger partial charge < -0.3 is 15.0 Å². The van der Waals surface area contributed by atoms with Crippen LogP contribution in [0.2, 0.25) is 0 Å². The molecule has 1 saturated heterocycles. The highest BCUT2D eigenvalue weighted by Crippen LogP contribution is 2.30. The van der Waals surface area contributed by atoms with Crippen LogP contribution < -0.4 is 15.0 Å².